The molecular formula is C20H33FN4OS. The Morgan fingerprint density at radius 3 is 2.67 bits per heavy atom. The summed E-state index contributed by atoms with van der Waals surface area (Å²) < 4.78 is 18.3. The number of halogens is 1. The predicted octanol–water partition coefficient (Wildman–Crippen LogP) is 2.98. The lowest BCUT2D eigenvalue weighted by Crippen LogP contribution is -2.39. The highest BCUT2D eigenvalue weighted by atomic mass is 32.2. The summed E-state index contributed by atoms with van der Waals surface area (Å²) in [5.74, 6) is 1.69. The largest absolute Gasteiger partial charge is 0.379 e. The van der Waals surface area contributed by atoms with E-state index in [0.29, 0.717) is 0 Å². The fourth-order valence-electron chi connectivity index (χ4n) is 2.81. The molecule has 2 N–H and O–H groups in total. The van der Waals surface area contributed by atoms with E-state index in [1.54, 1.807) is 11.8 Å². The van der Waals surface area contributed by atoms with Crippen molar-refractivity contribution in [1.82, 2.24) is 15.5 Å². The fourth-order valence-corrected chi connectivity index (χ4v) is 3.65. The Kier molecular flexibility index (Phi) is 11.2. The number of thioether (sulfide) groups is 1. The van der Waals surface area contributed by atoms with E-state index in [-0.39, 0.29) is 5.82 Å². The number of unbranched alkanes of at least 4 members (excludes halogenated alkanes) is 1. The van der Waals surface area contributed by atoms with Crippen LogP contribution in [0.25, 0.3) is 0 Å². The molecule has 5 nitrogen and oxygen atoms in total. The molecule has 2 rings (SSSR count). The number of guanidine groups is 1. The number of nitrogens with zero attached hydrogens (tertiary/aromatic N) is 2. The van der Waals surface area contributed by atoms with Crippen LogP contribution in [0.4, 0.5) is 4.39 Å². The number of hydrogen-bond donors (Lipinski definition) is 2. The van der Waals surface area contributed by atoms with Crippen LogP contribution in [0, 0.1) is 5.82 Å². The van der Waals surface area contributed by atoms with E-state index >= 15 is 0 Å². The first-order valence-corrected chi connectivity index (χ1v) is 11.0. The zero-order valence-electron chi connectivity index (χ0n) is 16.4. The maximum absolute atomic E-state index is 12.9. The number of aliphatic imine (C=N–C) groups is 1. The van der Waals surface area contributed by atoms with Crippen molar-refractivity contribution in [3.63, 3.8) is 0 Å². The molecule has 1 aromatic carbocycles. The van der Waals surface area contributed by atoms with E-state index in [9.17, 15) is 4.39 Å². The van der Waals surface area contributed by atoms with Gasteiger partial charge in [-0.3, -0.25) is 9.89 Å². The summed E-state index contributed by atoms with van der Waals surface area (Å²) in [5, 5.41) is 6.72. The van der Waals surface area contributed by atoms with Crippen molar-refractivity contribution in [3.05, 3.63) is 30.1 Å². The zero-order valence-corrected chi connectivity index (χ0v) is 17.2. The van der Waals surface area contributed by atoms with Crippen LogP contribution >= 0.6 is 11.8 Å². The fraction of sp³-hybridized carbons (Fsp3) is 0.650. The second-order valence-corrected chi connectivity index (χ2v) is 7.67. The van der Waals surface area contributed by atoms with Crippen LogP contribution in [0.2, 0.25) is 0 Å². The minimum absolute atomic E-state index is 0.185. The smallest absolute Gasteiger partial charge is 0.191 e. The normalized spacial score (nSPS) is 15.7. The van der Waals surface area contributed by atoms with Crippen LogP contribution in [0.5, 0.6) is 0 Å². The zero-order chi connectivity index (χ0) is 19.2. The van der Waals surface area contributed by atoms with Gasteiger partial charge in [-0.25, -0.2) is 4.39 Å². The summed E-state index contributed by atoms with van der Waals surface area (Å²) in [7, 11) is 0. The highest BCUT2D eigenvalue weighted by Gasteiger charge is 2.09. The molecule has 0 radical (unpaired) electrons. The average molecular weight is 397 g/mol. The summed E-state index contributed by atoms with van der Waals surface area (Å²) in [6, 6.07) is 6.66. The third-order valence-electron chi connectivity index (χ3n) is 4.30. The van der Waals surface area contributed by atoms with E-state index in [2.05, 4.69) is 27.4 Å². The van der Waals surface area contributed by atoms with E-state index in [1.807, 2.05) is 12.1 Å². The topological polar surface area (TPSA) is 48.9 Å². The van der Waals surface area contributed by atoms with Gasteiger partial charge in [-0.15, -0.1) is 11.8 Å². The van der Waals surface area contributed by atoms with Gasteiger partial charge < -0.3 is 15.4 Å². The number of rotatable bonds is 11. The third kappa shape index (κ3) is 9.98. The van der Waals surface area contributed by atoms with E-state index in [0.717, 1.165) is 81.9 Å². The van der Waals surface area contributed by atoms with Gasteiger partial charge in [0.05, 0.1) is 13.2 Å². The first-order valence-electron chi connectivity index (χ1n) is 9.98. The molecule has 0 unspecified atom stereocenters. The molecule has 1 aromatic rings. The Morgan fingerprint density at radius 2 is 1.93 bits per heavy atom. The molecule has 1 heterocycles. The third-order valence-corrected chi connectivity index (χ3v) is 5.39. The van der Waals surface area contributed by atoms with Gasteiger partial charge in [0.15, 0.2) is 5.96 Å². The molecule has 0 saturated carbocycles. The van der Waals surface area contributed by atoms with Crippen LogP contribution in [0.3, 0.4) is 0 Å². The monoisotopic (exact) mass is 396 g/mol. The summed E-state index contributed by atoms with van der Waals surface area (Å²) in [6.07, 6.45) is 3.33. The van der Waals surface area contributed by atoms with Crippen LogP contribution in [0.1, 0.15) is 26.2 Å². The van der Waals surface area contributed by atoms with Gasteiger partial charge in [-0.2, -0.15) is 0 Å². The van der Waals surface area contributed by atoms with Gasteiger partial charge in [0, 0.05) is 37.6 Å². The molecule has 1 fully saturated rings. The van der Waals surface area contributed by atoms with E-state index in [1.165, 1.54) is 18.6 Å². The lowest BCUT2D eigenvalue weighted by atomic mass is 10.3. The Morgan fingerprint density at radius 1 is 1.15 bits per heavy atom. The minimum atomic E-state index is -0.185. The van der Waals surface area contributed by atoms with Crippen LogP contribution in [-0.2, 0) is 4.74 Å². The van der Waals surface area contributed by atoms with Crippen molar-refractivity contribution < 1.29 is 9.13 Å². The highest BCUT2D eigenvalue weighted by Crippen LogP contribution is 2.18. The summed E-state index contributed by atoms with van der Waals surface area (Å²) in [5.41, 5.74) is 0. The molecule has 0 spiro atoms. The average Bonchev–Trinajstić information content (AvgIpc) is 2.69. The van der Waals surface area contributed by atoms with Crippen molar-refractivity contribution >= 4 is 17.7 Å². The minimum Gasteiger partial charge on any atom is -0.379 e. The van der Waals surface area contributed by atoms with Crippen molar-refractivity contribution in [2.45, 2.75) is 31.1 Å². The first-order chi connectivity index (χ1) is 13.3. The van der Waals surface area contributed by atoms with E-state index < -0.39 is 0 Å². The number of hydrogen-bond acceptors (Lipinski definition) is 4. The van der Waals surface area contributed by atoms with Gasteiger partial charge in [0.2, 0.25) is 0 Å². The molecule has 152 valence electrons. The lowest BCUT2D eigenvalue weighted by molar-refractivity contribution is 0.0372. The summed E-state index contributed by atoms with van der Waals surface area (Å²) in [6.45, 7) is 9.70. The van der Waals surface area contributed by atoms with Crippen LogP contribution < -0.4 is 10.6 Å². The van der Waals surface area contributed by atoms with Gasteiger partial charge >= 0.3 is 0 Å². The van der Waals surface area contributed by atoms with Gasteiger partial charge in [-0.1, -0.05) is 0 Å². The predicted molar refractivity (Wildman–Crippen MR) is 112 cm³/mol. The molecule has 1 saturated heterocycles. The first kappa shape index (κ1) is 22.0. The standard InChI is InChI=1S/C20H33FN4OS/c1-2-22-20(23-10-3-4-12-25-13-15-26-16-14-25)24-11-5-17-27-19-8-6-18(21)7-9-19/h6-9H,2-5,10-17H2,1H3,(H2,22,23,24). The lowest BCUT2D eigenvalue weighted by Gasteiger charge is -2.26. The van der Waals surface area contributed by atoms with Gasteiger partial charge in [0.25, 0.3) is 0 Å². The maximum atomic E-state index is 12.9. The number of morpholine rings is 1. The van der Waals surface area contributed by atoms with Gasteiger partial charge in [0.1, 0.15) is 5.82 Å². The van der Waals surface area contributed by atoms with Crippen LogP contribution in [0.15, 0.2) is 34.2 Å². The quantitative estimate of drug-likeness (QED) is 0.261. The molecular weight excluding hydrogens is 363 g/mol. The Balaban J connectivity index is 1.55. The Labute approximate surface area is 167 Å². The molecule has 1 aliphatic heterocycles. The van der Waals surface area contributed by atoms with Crippen molar-refractivity contribution in [2.75, 3.05) is 58.2 Å². The van der Waals surface area contributed by atoms with Crippen LogP contribution in [-0.4, -0.2) is 69.1 Å². The second-order valence-electron chi connectivity index (χ2n) is 6.50. The number of ether oxygens (including phenoxy) is 1. The molecule has 7 heteroatoms. The van der Waals surface area contributed by atoms with Crippen molar-refractivity contribution in [1.29, 1.82) is 0 Å². The molecule has 0 atom stereocenters. The van der Waals surface area contributed by atoms with Gasteiger partial charge in [-0.05, 0) is 62.7 Å². The SMILES string of the molecule is CCNC(=NCCCSc1ccc(F)cc1)NCCCCN1CCOCC1. The maximum Gasteiger partial charge on any atom is 0.191 e. The van der Waals surface area contributed by atoms with E-state index in [4.69, 9.17) is 4.74 Å². The molecule has 0 aromatic heterocycles. The molecule has 1 aliphatic rings. The summed E-state index contributed by atoms with van der Waals surface area (Å²) in [4.78, 5) is 8.22. The number of benzene rings is 1. The molecule has 0 bridgehead atoms. The molecule has 0 aliphatic carbocycles. The summed E-state index contributed by atoms with van der Waals surface area (Å²) >= 11 is 1.74. The highest BCUT2D eigenvalue weighted by molar-refractivity contribution is 7.99. The Hall–Kier alpha value is -1.31. The Bertz CT molecular complexity index is 535. The number of nitrogens with one attached hydrogen (secondary N) is 2. The molecule has 27 heavy (non-hydrogen) atoms. The van der Waals surface area contributed by atoms with Crippen molar-refractivity contribution in [2.24, 2.45) is 4.99 Å². The second kappa shape index (κ2) is 13.8. The van der Waals surface area contributed by atoms with Crippen molar-refractivity contribution in [3.8, 4) is 0 Å². The molecule has 0 amide bonds.